The van der Waals surface area contributed by atoms with Crippen LogP contribution in [0.5, 0.6) is 0 Å². The summed E-state index contributed by atoms with van der Waals surface area (Å²) in [5.41, 5.74) is 0.193. The highest BCUT2D eigenvalue weighted by Crippen LogP contribution is 2.47. The van der Waals surface area contributed by atoms with Crippen molar-refractivity contribution >= 4 is 11.9 Å². The maximum absolute atomic E-state index is 11.3. The number of esters is 1. The molecular formula is C10H17NO3. The topological polar surface area (TPSA) is 55.4 Å². The minimum Gasteiger partial charge on any atom is -0.465 e. The summed E-state index contributed by atoms with van der Waals surface area (Å²) < 4.78 is 4.68. The minimum absolute atomic E-state index is 0.0112. The Labute approximate surface area is 84.0 Å². The fourth-order valence-corrected chi connectivity index (χ4v) is 1.22. The van der Waals surface area contributed by atoms with Gasteiger partial charge in [0.05, 0.1) is 6.61 Å². The molecule has 1 fully saturated rings. The van der Waals surface area contributed by atoms with Crippen LogP contribution < -0.4 is 5.32 Å². The van der Waals surface area contributed by atoms with Gasteiger partial charge in [0.2, 0.25) is 5.91 Å². The second-order valence-electron chi connectivity index (χ2n) is 4.07. The zero-order valence-corrected chi connectivity index (χ0v) is 8.76. The lowest BCUT2D eigenvalue weighted by Gasteiger charge is -2.08. The number of nitrogens with one attached hydrogen (secondary N) is 1. The van der Waals surface area contributed by atoms with Gasteiger partial charge in [0.1, 0.15) is 6.54 Å². The third kappa shape index (κ3) is 3.77. The molecule has 4 nitrogen and oxygen atoms in total. The Morgan fingerprint density at radius 3 is 2.57 bits per heavy atom. The summed E-state index contributed by atoms with van der Waals surface area (Å²) in [6.45, 7) is 4.16. The third-order valence-electron chi connectivity index (χ3n) is 2.43. The predicted molar refractivity (Wildman–Crippen MR) is 51.6 cm³/mol. The second kappa shape index (κ2) is 4.44. The third-order valence-corrected chi connectivity index (χ3v) is 2.43. The van der Waals surface area contributed by atoms with Crippen LogP contribution in [0, 0.1) is 5.41 Å². The molecule has 4 heteroatoms. The van der Waals surface area contributed by atoms with E-state index in [4.69, 9.17) is 0 Å². The van der Waals surface area contributed by atoms with Gasteiger partial charge in [-0.1, -0.05) is 6.92 Å². The first-order valence-electron chi connectivity index (χ1n) is 4.98. The van der Waals surface area contributed by atoms with Crippen molar-refractivity contribution in [3.63, 3.8) is 0 Å². The van der Waals surface area contributed by atoms with E-state index < -0.39 is 0 Å². The van der Waals surface area contributed by atoms with Crippen molar-refractivity contribution in [3.05, 3.63) is 0 Å². The highest BCUT2D eigenvalue weighted by atomic mass is 16.5. The lowest BCUT2D eigenvalue weighted by Crippen LogP contribution is -2.31. The van der Waals surface area contributed by atoms with E-state index in [1.807, 2.05) is 0 Å². The van der Waals surface area contributed by atoms with Crippen molar-refractivity contribution in [1.29, 1.82) is 0 Å². The molecule has 0 atom stereocenters. The highest BCUT2D eigenvalue weighted by molar-refractivity contribution is 5.82. The van der Waals surface area contributed by atoms with Crippen molar-refractivity contribution in [1.82, 2.24) is 5.32 Å². The number of carbonyl (C=O) groups excluding carboxylic acids is 2. The van der Waals surface area contributed by atoms with E-state index in [1.165, 1.54) is 0 Å². The summed E-state index contributed by atoms with van der Waals surface area (Å²) in [5, 5.41) is 2.55. The van der Waals surface area contributed by atoms with Crippen molar-refractivity contribution in [2.24, 2.45) is 5.41 Å². The standard InChI is InChI=1S/C10H17NO3/c1-3-14-9(13)7-11-8(12)6-10(2)4-5-10/h3-7H2,1-2H3,(H,11,12). The van der Waals surface area contributed by atoms with Crippen LogP contribution in [0.2, 0.25) is 0 Å². The summed E-state index contributed by atoms with van der Waals surface area (Å²) in [5.74, 6) is -0.431. The Kier molecular flexibility index (Phi) is 3.49. The van der Waals surface area contributed by atoms with E-state index in [-0.39, 0.29) is 23.8 Å². The largest absolute Gasteiger partial charge is 0.465 e. The van der Waals surface area contributed by atoms with Gasteiger partial charge < -0.3 is 10.1 Å². The fourth-order valence-electron chi connectivity index (χ4n) is 1.22. The van der Waals surface area contributed by atoms with Gasteiger partial charge in [-0.05, 0) is 25.2 Å². The number of hydrogen-bond donors (Lipinski definition) is 1. The average molecular weight is 199 g/mol. The Morgan fingerprint density at radius 1 is 1.43 bits per heavy atom. The number of hydrogen-bond acceptors (Lipinski definition) is 3. The van der Waals surface area contributed by atoms with E-state index in [2.05, 4.69) is 17.0 Å². The maximum Gasteiger partial charge on any atom is 0.325 e. The first-order valence-corrected chi connectivity index (χ1v) is 4.98. The van der Waals surface area contributed by atoms with Gasteiger partial charge in [-0.15, -0.1) is 0 Å². The molecule has 0 unspecified atom stereocenters. The molecule has 80 valence electrons. The van der Waals surface area contributed by atoms with Crippen molar-refractivity contribution < 1.29 is 14.3 Å². The molecule has 0 aliphatic heterocycles. The number of ether oxygens (including phenoxy) is 1. The van der Waals surface area contributed by atoms with Gasteiger partial charge in [0.25, 0.3) is 0 Å². The molecule has 0 aromatic heterocycles. The van der Waals surface area contributed by atoms with Gasteiger partial charge in [0.15, 0.2) is 0 Å². The number of amides is 1. The average Bonchev–Trinajstić information content (AvgIpc) is 2.80. The van der Waals surface area contributed by atoms with Crippen LogP contribution >= 0.6 is 0 Å². The van der Waals surface area contributed by atoms with E-state index in [9.17, 15) is 9.59 Å². The van der Waals surface area contributed by atoms with Crippen LogP contribution in [0.3, 0.4) is 0 Å². The van der Waals surface area contributed by atoms with Crippen LogP contribution in [0.1, 0.15) is 33.1 Å². The van der Waals surface area contributed by atoms with Crippen LogP contribution in [-0.4, -0.2) is 25.0 Å². The van der Waals surface area contributed by atoms with Gasteiger partial charge in [0, 0.05) is 6.42 Å². The molecule has 0 aromatic carbocycles. The van der Waals surface area contributed by atoms with Crippen LogP contribution in [0.25, 0.3) is 0 Å². The molecule has 0 radical (unpaired) electrons. The van der Waals surface area contributed by atoms with Crippen LogP contribution in [0.4, 0.5) is 0 Å². The highest BCUT2D eigenvalue weighted by Gasteiger charge is 2.39. The molecule has 0 bridgehead atoms. The molecule has 1 saturated carbocycles. The van der Waals surface area contributed by atoms with Gasteiger partial charge in [-0.3, -0.25) is 9.59 Å². The van der Waals surface area contributed by atoms with Crippen molar-refractivity contribution in [2.75, 3.05) is 13.2 Å². The summed E-state index contributed by atoms with van der Waals surface area (Å²) in [4.78, 5) is 22.2. The lowest BCUT2D eigenvalue weighted by atomic mass is 10.1. The smallest absolute Gasteiger partial charge is 0.325 e. The van der Waals surface area contributed by atoms with E-state index in [0.717, 1.165) is 12.8 Å². The Morgan fingerprint density at radius 2 is 2.07 bits per heavy atom. The lowest BCUT2D eigenvalue weighted by molar-refractivity contribution is -0.143. The molecule has 1 amide bonds. The second-order valence-corrected chi connectivity index (χ2v) is 4.07. The Bertz CT molecular complexity index is 234. The Hall–Kier alpha value is -1.06. The molecule has 0 saturated heterocycles. The molecule has 1 rings (SSSR count). The zero-order chi connectivity index (χ0) is 10.6. The maximum atomic E-state index is 11.3. The van der Waals surface area contributed by atoms with E-state index >= 15 is 0 Å². The molecule has 1 aliphatic carbocycles. The Balaban J connectivity index is 2.11. The van der Waals surface area contributed by atoms with Crippen molar-refractivity contribution in [3.8, 4) is 0 Å². The summed E-state index contributed by atoms with van der Waals surface area (Å²) >= 11 is 0. The first-order chi connectivity index (χ1) is 6.56. The van der Waals surface area contributed by atoms with E-state index in [0.29, 0.717) is 13.0 Å². The summed E-state index contributed by atoms with van der Waals surface area (Å²) in [6, 6.07) is 0. The van der Waals surface area contributed by atoms with Gasteiger partial charge >= 0.3 is 5.97 Å². The molecule has 14 heavy (non-hydrogen) atoms. The fraction of sp³-hybridized carbons (Fsp3) is 0.800. The van der Waals surface area contributed by atoms with Crippen molar-refractivity contribution in [2.45, 2.75) is 33.1 Å². The monoisotopic (exact) mass is 199 g/mol. The van der Waals surface area contributed by atoms with Crippen LogP contribution in [-0.2, 0) is 14.3 Å². The number of rotatable bonds is 5. The molecule has 0 heterocycles. The molecule has 1 N–H and O–H groups in total. The summed E-state index contributed by atoms with van der Waals surface area (Å²) in [7, 11) is 0. The van der Waals surface area contributed by atoms with Gasteiger partial charge in [-0.2, -0.15) is 0 Å². The normalized spacial score (nSPS) is 17.3. The van der Waals surface area contributed by atoms with Gasteiger partial charge in [-0.25, -0.2) is 0 Å². The molecule has 0 spiro atoms. The zero-order valence-electron chi connectivity index (χ0n) is 8.76. The van der Waals surface area contributed by atoms with E-state index in [1.54, 1.807) is 6.92 Å². The molecule has 1 aliphatic rings. The quantitative estimate of drug-likeness (QED) is 0.668. The SMILES string of the molecule is CCOC(=O)CNC(=O)CC1(C)CC1. The first kappa shape index (κ1) is 11.0. The molecular weight excluding hydrogens is 182 g/mol. The minimum atomic E-state index is -0.373. The summed E-state index contributed by atoms with van der Waals surface area (Å²) in [6.07, 6.45) is 2.74. The number of carbonyl (C=O) groups is 2. The molecule has 0 aromatic rings. The van der Waals surface area contributed by atoms with Crippen LogP contribution in [0.15, 0.2) is 0 Å². The predicted octanol–water partition coefficient (Wildman–Crippen LogP) is 0.856.